The van der Waals surface area contributed by atoms with Crippen molar-refractivity contribution in [1.82, 2.24) is 20.6 Å². The Kier molecular flexibility index (Phi) is 4.45. The number of piperidine rings is 1. The molecule has 2 aliphatic heterocycles. The fourth-order valence-electron chi connectivity index (χ4n) is 5.01. The van der Waals surface area contributed by atoms with E-state index in [-0.39, 0.29) is 11.8 Å². The van der Waals surface area contributed by atoms with Gasteiger partial charge in [-0.3, -0.25) is 9.59 Å². The maximum atomic E-state index is 12.5. The van der Waals surface area contributed by atoms with Gasteiger partial charge in [-0.15, -0.1) is 0 Å². The highest BCUT2D eigenvalue weighted by atomic mass is 16.2. The lowest BCUT2D eigenvalue weighted by Crippen LogP contribution is -2.38. The van der Waals surface area contributed by atoms with E-state index in [0.717, 1.165) is 42.8 Å². The highest BCUT2D eigenvalue weighted by Gasteiger charge is 2.40. The molecule has 1 aromatic heterocycles. The standard InChI is InChI=1S/C22H25N5O2/c1-27(16-9-14-11-18(28)24-12-15(14)10-16)21-17-7-8-23-22(29)19(17)25-20(26-21)13-5-3-2-4-6-13/h2-6,14-16H,7-12H2,1H3,(H,23,29)(H,24,28)/t14-,15+,16-/m0/s1. The number of hydrogen-bond acceptors (Lipinski definition) is 5. The minimum absolute atomic E-state index is 0.129. The minimum atomic E-state index is -0.129. The quantitative estimate of drug-likeness (QED) is 0.833. The summed E-state index contributed by atoms with van der Waals surface area (Å²) in [5.41, 5.74) is 2.32. The van der Waals surface area contributed by atoms with Gasteiger partial charge in [0.25, 0.3) is 5.91 Å². The molecule has 2 aromatic rings. The largest absolute Gasteiger partial charge is 0.356 e. The molecule has 0 spiro atoms. The fourth-order valence-corrected chi connectivity index (χ4v) is 5.01. The third-order valence-corrected chi connectivity index (χ3v) is 6.60. The van der Waals surface area contributed by atoms with Gasteiger partial charge in [0.2, 0.25) is 5.91 Å². The van der Waals surface area contributed by atoms with Crippen LogP contribution in [0.4, 0.5) is 5.82 Å². The van der Waals surface area contributed by atoms with Crippen LogP contribution in [0.15, 0.2) is 30.3 Å². The highest BCUT2D eigenvalue weighted by Crippen LogP contribution is 2.40. The molecule has 2 amide bonds. The van der Waals surface area contributed by atoms with Crippen LogP contribution < -0.4 is 15.5 Å². The lowest BCUT2D eigenvalue weighted by atomic mass is 9.89. The summed E-state index contributed by atoms with van der Waals surface area (Å²) in [5.74, 6) is 2.43. The first-order valence-electron chi connectivity index (χ1n) is 10.3. The summed E-state index contributed by atoms with van der Waals surface area (Å²) in [5, 5.41) is 5.91. The van der Waals surface area contributed by atoms with Gasteiger partial charge in [-0.2, -0.15) is 0 Å². The molecule has 0 unspecified atom stereocenters. The van der Waals surface area contributed by atoms with Crippen LogP contribution in [0.5, 0.6) is 0 Å². The van der Waals surface area contributed by atoms with Gasteiger partial charge in [0.15, 0.2) is 5.82 Å². The molecule has 150 valence electrons. The van der Waals surface area contributed by atoms with E-state index in [1.807, 2.05) is 30.3 Å². The van der Waals surface area contributed by atoms with Crippen molar-refractivity contribution in [3.05, 3.63) is 41.6 Å². The molecule has 0 radical (unpaired) electrons. The number of nitrogens with one attached hydrogen (secondary N) is 2. The summed E-state index contributed by atoms with van der Waals surface area (Å²) in [6, 6.07) is 10.1. The van der Waals surface area contributed by atoms with E-state index >= 15 is 0 Å². The molecule has 7 nitrogen and oxygen atoms in total. The smallest absolute Gasteiger partial charge is 0.270 e. The molecule has 5 rings (SSSR count). The highest BCUT2D eigenvalue weighted by molar-refractivity contribution is 5.96. The molecule has 3 atom stereocenters. The number of aromatic nitrogens is 2. The minimum Gasteiger partial charge on any atom is -0.356 e. The number of hydrogen-bond donors (Lipinski definition) is 2. The summed E-state index contributed by atoms with van der Waals surface area (Å²) in [4.78, 5) is 36.1. The average molecular weight is 391 g/mol. The number of amides is 2. The monoisotopic (exact) mass is 391 g/mol. The summed E-state index contributed by atoms with van der Waals surface area (Å²) in [7, 11) is 2.07. The van der Waals surface area contributed by atoms with Gasteiger partial charge in [0.1, 0.15) is 11.5 Å². The number of carbonyl (C=O) groups is 2. The normalized spacial score (nSPS) is 25.6. The van der Waals surface area contributed by atoms with E-state index in [1.165, 1.54) is 0 Å². The number of fused-ring (bicyclic) bond motifs is 2. The van der Waals surface area contributed by atoms with E-state index in [1.54, 1.807) is 0 Å². The second-order valence-electron chi connectivity index (χ2n) is 8.33. The second-order valence-corrected chi connectivity index (χ2v) is 8.33. The molecule has 29 heavy (non-hydrogen) atoms. The van der Waals surface area contributed by atoms with Gasteiger partial charge in [-0.05, 0) is 31.1 Å². The van der Waals surface area contributed by atoms with Crippen LogP contribution in [0.3, 0.4) is 0 Å². The molecule has 3 aliphatic rings. The SMILES string of the molecule is CN(c1nc(-c2ccccc2)nc2c1CCNC2=O)[C@H]1C[C@H]2CC(=O)NC[C@H]2C1. The van der Waals surface area contributed by atoms with Gasteiger partial charge in [0, 0.05) is 43.7 Å². The Bertz CT molecular complexity index is 961. The van der Waals surface area contributed by atoms with Gasteiger partial charge >= 0.3 is 0 Å². The predicted octanol–water partition coefficient (Wildman–Crippen LogP) is 1.78. The lowest BCUT2D eigenvalue weighted by Gasteiger charge is -2.30. The summed E-state index contributed by atoms with van der Waals surface area (Å²) in [6.07, 6.45) is 3.37. The summed E-state index contributed by atoms with van der Waals surface area (Å²) >= 11 is 0. The van der Waals surface area contributed by atoms with E-state index in [4.69, 9.17) is 4.98 Å². The van der Waals surface area contributed by atoms with Crippen LogP contribution in [0.2, 0.25) is 0 Å². The molecule has 1 saturated heterocycles. The van der Waals surface area contributed by atoms with Crippen LogP contribution in [0.1, 0.15) is 35.3 Å². The molecule has 0 bridgehead atoms. The zero-order valence-corrected chi connectivity index (χ0v) is 16.5. The third-order valence-electron chi connectivity index (χ3n) is 6.60. The lowest BCUT2D eigenvalue weighted by molar-refractivity contribution is -0.124. The number of anilines is 1. The van der Waals surface area contributed by atoms with Crippen LogP contribution >= 0.6 is 0 Å². The van der Waals surface area contributed by atoms with Crippen molar-refractivity contribution in [3.8, 4) is 11.4 Å². The molecule has 2 N–H and O–H groups in total. The molecule has 1 aliphatic carbocycles. The molecule has 1 saturated carbocycles. The Balaban J connectivity index is 1.52. The first-order chi connectivity index (χ1) is 14.1. The van der Waals surface area contributed by atoms with Crippen LogP contribution in [0, 0.1) is 11.8 Å². The van der Waals surface area contributed by atoms with Crippen molar-refractivity contribution in [2.75, 3.05) is 25.0 Å². The second kappa shape index (κ2) is 7.13. The Morgan fingerprint density at radius 3 is 2.66 bits per heavy atom. The van der Waals surface area contributed by atoms with Crippen LogP contribution in [0.25, 0.3) is 11.4 Å². The number of benzene rings is 1. The summed E-state index contributed by atoms with van der Waals surface area (Å²) in [6.45, 7) is 1.38. The van der Waals surface area contributed by atoms with Crippen molar-refractivity contribution in [3.63, 3.8) is 0 Å². The Hall–Kier alpha value is -2.96. The van der Waals surface area contributed by atoms with Crippen molar-refractivity contribution >= 4 is 17.6 Å². The van der Waals surface area contributed by atoms with E-state index in [0.29, 0.717) is 42.4 Å². The Labute approximate surface area is 169 Å². The first-order valence-corrected chi connectivity index (χ1v) is 10.3. The summed E-state index contributed by atoms with van der Waals surface area (Å²) < 4.78 is 0. The number of carbonyl (C=O) groups excluding carboxylic acids is 2. The molecule has 2 fully saturated rings. The van der Waals surface area contributed by atoms with E-state index in [9.17, 15) is 9.59 Å². The van der Waals surface area contributed by atoms with Gasteiger partial charge in [-0.25, -0.2) is 9.97 Å². The van der Waals surface area contributed by atoms with Gasteiger partial charge in [0.05, 0.1) is 0 Å². The van der Waals surface area contributed by atoms with E-state index < -0.39 is 0 Å². The third kappa shape index (κ3) is 3.24. The van der Waals surface area contributed by atoms with Crippen molar-refractivity contribution in [1.29, 1.82) is 0 Å². The molecular formula is C22H25N5O2. The maximum absolute atomic E-state index is 12.5. The molecule has 3 heterocycles. The zero-order chi connectivity index (χ0) is 20.0. The topological polar surface area (TPSA) is 87.2 Å². The van der Waals surface area contributed by atoms with Crippen molar-refractivity contribution in [2.45, 2.75) is 31.7 Å². The Morgan fingerprint density at radius 2 is 1.83 bits per heavy atom. The average Bonchev–Trinajstić information content (AvgIpc) is 3.17. The fraction of sp³-hybridized carbons (Fsp3) is 0.455. The molecule has 1 aromatic carbocycles. The number of nitrogens with zero attached hydrogens (tertiary/aromatic N) is 3. The Morgan fingerprint density at radius 1 is 1.03 bits per heavy atom. The molecular weight excluding hydrogens is 366 g/mol. The van der Waals surface area contributed by atoms with E-state index in [2.05, 4.69) is 27.6 Å². The predicted molar refractivity (Wildman–Crippen MR) is 110 cm³/mol. The van der Waals surface area contributed by atoms with Gasteiger partial charge < -0.3 is 15.5 Å². The van der Waals surface area contributed by atoms with Crippen LogP contribution in [-0.2, 0) is 11.2 Å². The maximum Gasteiger partial charge on any atom is 0.270 e. The molecule has 7 heteroatoms. The van der Waals surface area contributed by atoms with Gasteiger partial charge in [-0.1, -0.05) is 30.3 Å². The zero-order valence-electron chi connectivity index (χ0n) is 16.5. The first kappa shape index (κ1) is 18.1. The van der Waals surface area contributed by atoms with Crippen LogP contribution in [-0.4, -0.2) is 48.0 Å². The van der Waals surface area contributed by atoms with Crippen molar-refractivity contribution in [2.24, 2.45) is 11.8 Å². The van der Waals surface area contributed by atoms with Crippen molar-refractivity contribution < 1.29 is 9.59 Å². The number of rotatable bonds is 3.